The van der Waals surface area contributed by atoms with E-state index in [1.165, 1.54) is 22.0 Å². The molecule has 0 spiro atoms. The van der Waals surface area contributed by atoms with Crippen LogP contribution in [0.5, 0.6) is 0 Å². The molecule has 0 radical (unpaired) electrons. The largest absolute Gasteiger partial charge is 0.352 e. The SMILES string of the molecule is Cc1ccc(-c2nnc(SCCC(=O)NCc3ccccc3Cl)n2N)cc1. The van der Waals surface area contributed by atoms with Crippen molar-refractivity contribution in [1.29, 1.82) is 0 Å². The lowest BCUT2D eigenvalue weighted by molar-refractivity contribution is -0.120. The molecule has 0 aliphatic heterocycles. The van der Waals surface area contributed by atoms with Gasteiger partial charge >= 0.3 is 0 Å². The predicted molar refractivity (Wildman–Crippen MR) is 109 cm³/mol. The number of halogens is 1. The van der Waals surface area contributed by atoms with Crippen LogP contribution in [0.4, 0.5) is 0 Å². The van der Waals surface area contributed by atoms with Gasteiger partial charge in [0.25, 0.3) is 0 Å². The van der Waals surface area contributed by atoms with Crippen LogP contribution < -0.4 is 11.2 Å². The van der Waals surface area contributed by atoms with Crippen LogP contribution in [-0.4, -0.2) is 26.5 Å². The van der Waals surface area contributed by atoms with Gasteiger partial charge in [0.2, 0.25) is 11.1 Å². The standard InChI is InChI=1S/C19H20ClN5OS/c1-13-6-8-14(9-7-13)18-23-24-19(25(18)21)27-11-10-17(26)22-12-15-4-2-3-5-16(15)20/h2-9H,10-12,21H2,1H3,(H,22,26). The first-order valence-corrected chi connectivity index (χ1v) is 9.81. The fraction of sp³-hybridized carbons (Fsp3) is 0.211. The van der Waals surface area contributed by atoms with Gasteiger partial charge in [-0.25, -0.2) is 4.68 Å². The van der Waals surface area contributed by atoms with E-state index in [1.54, 1.807) is 6.07 Å². The maximum absolute atomic E-state index is 12.0. The highest BCUT2D eigenvalue weighted by molar-refractivity contribution is 7.99. The zero-order chi connectivity index (χ0) is 19.2. The Kier molecular flexibility index (Phi) is 6.36. The van der Waals surface area contributed by atoms with E-state index in [2.05, 4.69) is 15.5 Å². The highest BCUT2D eigenvalue weighted by atomic mass is 35.5. The molecule has 8 heteroatoms. The minimum Gasteiger partial charge on any atom is -0.352 e. The molecule has 0 aliphatic rings. The van der Waals surface area contributed by atoms with Crippen molar-refractivity contribution in [2.75, 3.05) is 11.6 Å². The Morgan fingerprint density at radius 3 is 2.67 bits per heavy atom. The molecular formula is C19H20ClN5OS. The summed E-state index contributed by atoms with van der Waals surface area (Å²) in [6.07, 6.45) is 0.349. The molecule has 1 heterocycles. The number of hydrogen-bond donors (Lipinski definition) is 2. The van der Waals surface area contributed by atoms with Crippen molar-refractivity contribution in [3.63, 3.8) is 0 Å². The molecule has 2 aromatic carbocycles. The fourth-order valence-corrected chi connectivity index (χ4v) is 3.43. The van der Waals surface area contributed by atoms with Crippen LogP contribution in [0.1, 0.15) is 17.5 Å². The fourth-order valence-electron chi connectivity index (χ4n) is 2.43. The summed E-state index contributed by atoms with van der Waals surface area (Å²) in [4.78, 5) is 12.0. The second kappa shape index (κ2) is 8.92. The number of thioether (sulfide) groups is 1. The number of carbonyl (C=O) groups excluding carboxylic acids is 1. The van der Waals surface area contributed by atoms with Crippen LogP contribution in [0.3, 0.4) is 0 Å². The number of nitrogens with zero attached hydrogens (tertiary/aromatic N) is 3. The van der Waals surface area contributed by atoms with Gasteiger partial charge in [0.05, 0.1) is 0 Å². The Morgan fingerprint density at radius 2 is 1.93 bits per heavy atom. The molecule has 0 saturated heterocycles. The second-order valence-electron chi connectivity index (χ2n) is 6.01. The molecule has 3 N–H and O–H groups in total. The zero-order valence-corrected chi connectivity index (χ0v) is 16.4. The van der Waals surface area contributed by atoms with Gasteiger partial charge in [0.1, 0.15) is 0 Å². The molecule has 0 saturated carbocycles. The number of nitrogens with one attached hydrogen (secondary N) is 1. The van der Waals surface area contributed by atoms with E-state index in [0.717, 1.165) is 11.1 Å². The van der Waals surface area contributed by atoms with Gasteiger partial charge in [0, 0.05) is 29.3 Å². The van der Waals surface area contributed by atoms with Crippen LogP contribution in [0, 0.1) is 6.92 Å². The Bertz CT molecular complexity index is 926. The molecule has 0 unspecified atom stereocenters. The van der Waals surface area contributed by atoms with Gasteiger partial charge in [-0.1, -0.05) is 71.4 Å². The molecule has 1 amide bonds. The highest BCUT2D eigenvalue weighted by Gasteiger charge is 2.13. The Balaban J connectivity index is 1.50. The molecule has 0 atom stereocenters. The number of carbonyl (C=O) groups is 1. The molecule has 6 nitrogen and oxygen atoms in total. The van der Waals surface area contributed by atoms with Crippen LogP contribution in [0.2, 0.25) is 5.02 Å². The monoisotopic (exact) mass is 401 g/mol. The molecule has 3 aromatic rings. The summed E-state index contributed by atoms with van der Waals surface area (Å²) in [6.45, 7) is 2.43. The van der Waals surface area contributed by atoms with E-state index in [0.29, 0.717) is 34.7 Å². The second-order valence-corrected chi connectivity index (χ2v) is 7.48. The molecule has 1 aromatic heterocycles. The third kappa shape index (κ3) is 5.02. The van der Waals surface area contributed by atoms with E-state index in [1.807, 2.05) is 49.4 Å². The van der Waals surface area contributed by atoms with Gasteiger partial charge in [-0.2, -0.15) is 0 Å². The predicted octanol–water partition coefficient (Wildman–Crippen LogP) is 3.42. The first-order chi connectivity index (χ1) is 13.0. The molecule has 3 rings (SSSR count). The summed E-state index contributed by atoms with van der Waals surface area (Å²) < 4.78 is 1.46. The number of hydrogen-bond acceptors (Lipinski definition) is 5. The summed E-state index contributed by atoms with van der Waals surface area (Å²) in [6, 6.07) is 15.4. The van der Waals surface area contributed by atoms with Crippen molar-refractivity contribution in [1.82, 2.24) is 20.2 Å². The van der Waals surface area contributed by atoms with Crippen LogP contribution >= 0.6 is 23.4 Å². The molecule has 0 fully saturated rings. The smallest absolute Gasteiger partial charge is 0.221 e. The lowest BCUT2D eigenvalue weighted by Crippen LogP contribution is -2.23. The topological polar surface area (TPSA) is 85.8 Å². The highest BCUT2D eigenvalue weighted by Crippen LogP contribution is 2.22. The zero-order valence-electron chi connectivity index (χ0n) is 14.9. The number of amides is 1. The van der Waals surface area contributed by atoms with E-state index < -0.39 is 0 Å². The van der Waals surface area contributed by atoms with Crippen molar-refractivity contribution in [3.05, 3.63) is 64.7 Å². The van der Waals surface area contributed by atoms with Gasteiger partial charge in [0.15, 0.2) is 5.82 Å². The number of rotatable bonds is 7. The van der Waals surface area contributed by atoms with E-state index in [9.17, 15) is 4.79 Å². The van der Waals surface area contributed by atoms with Crippen molar-refractivity contribution < 1.29 is 4.79 Å². The molecule has 0 aliphatic carbocycles. The minimum absolute atomic E-state index is 0.0516. The number of nitrogens with two attached hydrogens (primary N) is 1. The average Bonchev–Trinajstić information content (AvgIpc) is 3.02. The lowest BCUT2D eigenvalue weighted by atomic mass is 10.1. The average molecular weight is 402 g/mol. The molecular weight excluding hydrogens is 382 g/mol. The summed E-state index contributed by atoms with van der Waals surface area (Å²) in [5.74, 6) is 7.20. The summed E-state index contributed by atoms with van der Waals surface area (Å²) >= 11 is 7.48. The maximum Gasteiger partial charge on any atom is 0.221 e. The van der Waals surface area contributed by atoms with Gasteiger partial charge in [-0.3, -0.25) is 4.79 Å². The summed E-state index contributed by atoms with van der Waals surface area (Å²) in [7, 11) is 0. The molecule has 27 heavy (non-hydrogen) atoms. The lowest BCUT2D eigenvalue weighted by Gasteiger charge is -2.07. The Labute approximate surface area is 167 Å². The van der Waals surface area contributed by atoms with E-state index in [-0.39, 0.29) is 5.91 Å². The molecule has 0 bridgehead atoms. The van der Waals surface area contributed by atoms with Crippen molar-refractivity contribution >= 4 is 29.3 Å². The van der Waals surface area contributed by atoms with Crippen molar-refractivity contribution in [3.8, 4) is 11.4 Å². The summed E-state index contributed by atoms with van der Waals surface area (Å²) in [5, 5.41) is 12.4. The third-order valence-electron chi connectivity index (χ3n) is 3.97. The van der Waals surface area contributed by atoms with Gasteiger partial charge < -0.3 is 11.2 Å². The van der Waals surface area contributed by atoms with Gasteiger partial charge in [-0.15, -0.1) is 10.2 Å². The van der Waals surface area contributed by atoms with Crippen molar-refractivity contribution in [2.24, 2.45) is 0 Å². The first kappa shape index (κ1) is 19.3. The van der Waals surface area contributed by atoms with Gasteiger partial charge in [-0.05, 0) is 18.6 Å². The number of benzene rings is 2. The van der Waals surface area contributed by atoms with Crippen LogP contribution in [-0.2, 0) is 11.3 Å². The third-order valence-corrected chi connectivity index (χ3v) is 5.28. The quantitative estimate of drug-likeness (QED) is 0.468. The van der Waals surface area contributed by atoms with Crippen LogP contribution in [0.25, 0.3) is 11.4 Å². The van der Waals surface area contributed by atoms with E-state index in [4.69, 9.17) is 17.4 Å². The summed E-state index contributed by atoms with van der Waals surface area (Å²) in [5.41, 5.74) is 2.96. The minimum atomic E-state index is -0.0516. The van der Waals surface area contributed by atoms with Crippen LogP contribution in [0.15, 0.2) is 53.7 Å². The van der Waals surface area contributed by atoms with E-state index >= 15 is 0 Å². The first-order valence-electron chi connectivity index (χ1n) is 8.45. The Morgan fingerprint density at radius 1 is 1.19 bits per heavy atom. The number of aromatic nitrogens is 3. The maximum atomic E-state index is 12.0. The van der Waals surface area contributed by atoms with Crippen molar-refractivity contribution in [2.45, 2.75) is 25.0 Å². The number of aryl methyl sites for hydroxylation is 1. The normalized spacial score (nSPS) is 10.7. The Hall–Kier alpha value is -2.51. The molecule has 140 valence electrons. The number of nitrogen functional groups attached to an aromatic ring is 1.